The molecule has 1 aliphatic rings. The first-order chi connectivity index (χ1) is 10.3. The van der Waals surface area contributed by atoms with Crippen LogP contribution in [-0.4, -0.2) is 15.6 Å². The summed E-state index contributed by atoms with van der Waals surface area (Å²) in [5.41, 5.74) is -3.88. The summed E-state index contributed by atoms with van der Waals surface area (Å²) in [6.45, 7) is 0. The average molecular weight is 344 g/mol. The van der Waals surface area contributed by atoms with Crippen molar-refractivity contribution in [3.8, 4) is 6.07 Å². The Kier molecular flexibility index (Phi) is 4.98. The molecule has 1 saturated carbocycles. The van der Waals surface area contributed by atoms with E-state index in [1.54, 1.807) is 0 Å². The van der Waals surface area contributed by atoms with Crippen LogP contribution in [0.5, 0.6) is 0 Å². The van der Waals surface area contributed by atoms with E-state index in [-0.39, 0.29) is 38.9 Å². The van der Waals surface area contributed by atoms with Crippen LogP contribution in [0.3, 0.4) is 0 Å². The van der Waals surface area contributed by atoms with E-state index in [4.69, 9.17) is 17.5 Å². The van der Waals surface area contributed by atoms with Gasteiger partial charge in [-0.2, -0.15) is 18.4 Å². The van der Waals surface area contributed by atoms with Crippen LogP contribution in [0, 0.1) is 17.2 Å². The minimum Gasteiger partial charge on any atom is -0.511 e. The molecule has 0 bridgehead atoms. The molecule has 0 heterocycles. The van der Waals surface area contributed by atoms with E-state index in [0.29, 0.717) is 5.69 Å². The van der Waals surface area contributed by atoms with Gasteiger partial charge >= 0.3 is 5.51 Å². The molecule has 22 heavy (non-hydrogen) atoms. The summed E-state index contributed by atoms with van der Waals surface area (Å²) in [6, 6.07) is 7.34. The molecule has 0 aliphatic heterocycles. The molecule has 0 atom stereocenters. The molecule has 0 amide bonds. The lowest BCUT2D eigenvalue weighted by molar-refractivity contribution is -0.0328. The number of rotatable bonds is 4. The SMILES string of the molecule is N#C/C(C(=S)Nc1ccc(SC(F)(F)F)cc1)=C(\O)C1CC1. The first-order valence-corrected chi connectivity index (χ1v) is 7.53. The third-order valence-corrected chi connectivity index (χ3v) is 3.95. The summed E-state index contributed by atoms with van der Waals surface area (Å²) in [6.07, 6.45) is 1.64. The number of hydrogen-bond acceptors (Lipinski definition) is 4. The van der Waals surface area contributed by atoms with E-state index in [0.717, 1.165) is 12.8 Å². The Morgan fingerprint density at radius 2 is 1.91 bits per heavy atom. The number of thioether (sulfide) groups is 1. The molecule has 3 nitrogen and oxygen atoms in total. The van der Waals surface area contributed by atoms with Crippen LogP contribution >= 0.6 is 24.0 Å². The van der Waals surface area contributed by atoms with E-state index in [1.807, 2.05) is 6.07 Å². The van der Waals surface area contributed by atoms with Gasteiger partial charge in [0, 0.05) is 16.5 Å². The molecule has 1 aliphatic carbocycles. The lowest BCUT2D eigenvalue weighted by Gasteiger charge is -2.10. The van der Waals surface area contributed by atoms with Crippen molar-refractivity contribution in [2.75, 3.05) is 5.32 Å². The third kappa shape index (κ3) is 4.64. The maximum atomic E-state index is 12.2. The number of anilines is 1. The van der Waals surface area contributed by atoms with Crippen molar-refractivity contribution < 1.29 is 18.3 Å². The fourth-order valence-corrected chi connectivity index (χ4v) is 2.53. The minimum absolute atomic E-state index is 0.00578. The highest BCUT2D eigenvalue weighted by Gasteiger charge is 2.30. The highest BCUT2D eigenvalue weighted by atomic mass is 32.2. The van der Waals surface area contributed by atoms with Crippen LogP contribution in [0.25, 0.3) is 0 Å². The zero-order valence-corrected chi connectivity index (χ0v) is 12.8. The zero-order valence-electron chi connectivity index (χ0n) is 11.1. The van der Waals surface area contributed by atoms with Crippen LogP contribution in [0.2, 0.25) is 0 Å². The summed E-state index contributed by atoms with van der Waals surface area (Å²) in [5, 5.41) is 21.7. The highest BCUT2D eigenvalue weighted by molar-refractivity contribution is 8.00. The molecular weight excluding hydrogens is 333 g/mol. The lowest BCUT2D eigenvalue weighted by atomic mass is 10.2. The van der Waals surface area contributed by atoms with Crippen LogP contribution in [0.15, 0.2) is 40.5 Å². The van der Waals surface area contributed by atoms with Gasteiger partial charge in [0.05, 0.1) is 0 Å². The van der Waals surface area contributed by atoms with Crippen LogP contribution in [-0.2, 0) is 0 Å². The Balaban J connectivity index is 2.06. The summed E-state index contributed by atoms with van der Waals surface area (Å²) in [4.78, 5) is 0.115. The number of nitrogens with one attached hydrogen (secondary N) is 1. The number of hydrogen-bond donors (Lipinski definition) is 2. The monoisotopic (exact) mass is 344 g/mol. The van der Waals surface area contributed by atoms with Gasteiger partial charge in [-0.1, -0.05) is 12.2 Å². The second-order valence-electron chi connectivity index (χ2n) is 4.67. The van der Waals surface area contributed by atoms with Gasteiger partial charge in [-0.25, -0.2) is 0 Å². The zero-order chi connectivity index (χ0) is 16.3. The molecule has 1 aromatic rings. The fourth-order valence-electron chi connectivity index (χ4n) is 1.72. The third-order valence-electron chi connectivity index (χ3n) is 2.90. The molecule has 1 fully saturated rings. The fraction of sp³-hybridized carbons (Fsp3) is 0.286. The van der Waals surface area contributed by atoms with Crippen LogP contribution in [0.1, 0.15) is 12.8 Å². The number of alkyl halides is 3. The van der Waals surface area contributed by atoms with Gasteiger partial charge in [-0.05, 0) is 48.9 Å². The van der Waals surface area contributed by atoms with Crippen molar-refractivity contribution >= 4 is 34.7 Å². The van der Waals surface area contributed by atoms with E-state index >= 15 is 0 Å². The first-order valence-electron chi connectivity index (χ1n) is 6.30. The second-order valence-corrected chi connectivity index (χ2v) is 6.22. The normalized spacial score (nSPS) is 15.7. The van der Waals surface area contributed by atoms with E-state index in [2.05, 4.69) is 5.32 Å². The van der Waals surface area contributed by atoms with Crippen molar-refractivity contribution in [3.05, 3.63) is 35.6 Å². The second kappa shape index (κ2) is 6.58. The highest BCUT2D eigenvalue weighted by Crippen LogP contribution is 2.38. The van der Waals surface area contributed by atoms with Gasteiger partial charge in [0.1, 0.15) is 22.4 Å². The number of thiocarbonyl (C=S) groups is 1. The molecule has 0 unspecified atom stereocenters. The largest absolute Gasteiger partial charge is 0.511 e. The number of aliphatic hydroxyl groups is 1. The van der Waals surface area contributed by atoms with Gasteiger partial charge in [-0.15, -0.1) is 0 Å². The number of allylic oxidation sites excluding steroid dienone is 1. The smallest absolute Gasteiger partial charge is 0.446 e. The average Bonchev–Trinajstić information content (AvgIpc) is 3.24. The first kappa shape index (κ1) is 16.6. The van der Waals surface area contributed by atoms with Gasteiger partial charge in [0.25, 0.3) is 0 Å². The molecule has 0 aromatic heterocycles. The number of halogens is 3. The van der Waals surface area contributed by atoms with Crippen molar-refractivity contribution in [2.45, 2.75) is 23.2 Å². The van der Waals surface area contributed by atoms with Crippen molar-refractivity contribution in [1.29, 1.82) is 5.26 Å². The van der Waals surface area contributed by atoms with Crippen molar-refractivity contribution in [2.24, 2.45) is 5.92 Å². The Morgan fingerprint density at radius 1 is 1.32 bits per heavy atom. The molecule has 2 N–H and O–H groups in total. The Bertz CT molecular complexity index is 644. The molecule has 8 heteroatoms. The Hall–Kier alpha value is -1.72. The molecule has 0 saturated heterocycles. The quantitative estimate of drug-likeness (QED) is 0.271. The van der Waals surface area contributed by atoms with E-state index in [9.17, 15) is 18.3 Å². The molecule has 116 valence electrons. The summed E-state index contributed by atoms with van der Waals surface area (Å²) < 4.78 is 36.7. The van der Waals surface area contributed by atoms with E-state index in [1.165, 1.54) is 24.3 Å². The van der Waals surface area contributed by atoms with Crippen LogP contribution < -0.4 is 5.32 Å². The Morgan fingerprint density at radius 3 is 2.36 bits per heavy atom. The number of benzene rings is 1. The predicted molar refractivity (Wildman–Crippen MR) is 82.6 cm³/mol. The maximum absolute atomic E-state index is 12.2. The minimum atomic E-state index is -4.34. The van der Waals surface area contributed by atoms with E-state index < -0.39 is 5.51 Å². The van der Waals surface area contributed by atoms with Crippen LogP contribution in [0.4, 0.5) is 18.9 Å². The molecule has 2 rings (SSSR count). The van der Waals surface area contributed by atoms with Crippen molar-refractivity contribution in [1.82, 2.24) is 0 Å². The van der Waals surface area contributed by atoms with Gasteiger partial charge in [-0.3, -0.25) is 0 Å². The van der Waals surface area contributed by atoms with Gasteiger partial charge in [0.2, 0.25) is 0 Å². The number of nitrogens with zero attached hydrogens (tertiary/aromatic N) is 1. The number of aliphatic hydroxyl groups excluding tert-OH is 1. The molecule has 0 radical (unpaired) electrons. The summed E-state index contributed by atoms with van der Waals surface area (Å²) >= 11 is 4.86. The summed E-state index contributed by atoms with van der Waals surface area (Å²) in [7, 11) is 0. The summed E-state index contributed by atoms with van der Waals surface area (Å²) in [5.74, 6) is -0.0378. The maximum Gasteiger partial charge on any atom is 0.446 e. The topological polar surface area (TPSA) is 56.0 Å². The van der Waals surface area contributed by atoms with Crippen molar-refractivity contribution in [3.63, 3.8) is 0 Å². The number of nitriles is 1. The lowest BCUT2D eigenvalue weighted by Crippen LogP contribution is -2.13. The standard InChI is InChI=1S/C14H11F3N2OS2/c15-14(16,17)22-10-5-3-9(4-6-10)19-13(21)11(7-18)12(20)8-1-2-8/h3-6,8,20H,1-2H2,(H,19,21)/b12-11+. The molecular formula is C14H11F3N2OS2. The van der Waals surface area contributed by atoms with Gasteiger partial charge < -0.3 is 10.4 Å². The molecule has 0 spiro atoms. The van der Waals surface area contributed by atoms with Gasteiger partial charge in [0.15, 0.2) is 0 Å². The molecule has 1 aromatic carbocycles. The predicted octanol–water partition coefficient (Wildman–Crippen LogP) is 4.78. The Labute approximate surface area is 134 Å².